The summed E-state index contributed by atoms with van der Waals surface area (Å²) >= 11 is 1.41. The highest BCUT2D eigenvalue weighted by molar-refractivity contribution is 7.98. The number of nitro benzene ring substituents is 1. The van der Waals surface area contributed by atoms with Gasteiger partial charge in [0.15, 0.2) is 5.16 Å². The van der Waals surface area contributed by atoms with Crippen molar-refractivity contribution in [3.05, 3.63) is 103 Å². The third-order valence-electron chi connectivity index (χ3n) is 4.79. The lowest BCUT2D eigenvalue weighted by molar-refractivity contribution is -0.384. The van der Waals surface area contributed by atoms with Crippen LogP contribution in [0.5, 0.6) is 5.75 Å². The fourth-order valence-corrected chi connectivity index (χ4v) is 4.20. The molecule has 11 nitrogen and oxygen atoms in total. The van der Waals surface area contributed by atoms with Crippen LogP contribution >= 0.6 is 11.8 Å². The first-order chi connectivity index (χ1) is 16.4. The van der Waals surface area contributed by atoms with Gasteiger partial charge in [0.1, 0.15) is 11.6 Å². The van der Waals surface area contributed by atoms with E-state index in [2.05, 4.69) is 20.2 Å². The molecule has 12 heteroatoms. The normalized spacial score (nSPS) is 10.9. The second-order valence-corrected chi connectivity index (χ2v) is 8.11. The number of nitro groups is 1. The lowest BCUT2D eigenvalue weighted by atomic mass is 10.2. The van der Waals surface area contributed by atoms with Gasteiger partial charge < -0.3 is 9.72 Å². The highest BCUT2D eigenvalue weighted by atomic mass is 32.2. The molecule has 0 saturated carbocycles. The van der Waals surface area contributed by atoms with Crippen molar-refractivity contribution in [2.24, 2.45) is 0 Å². The van der Waals surface area contributed by atoms with Crippen LogP contribution in [-0.4, -0.2) is 36.3 Å². The van der Waals surface area contributed by atoms with E-state index in [1.54, 1.807) is 12.1 Å². The highest BCUT2D eigenvalue weighted by Crippen LogP contribution is 2.27. The maximum atomic E-state index is 11.7. The summed E-state index contributed by atoms with van der Waals surface area (Å²) in [6.45, 7) is 2.45. The summed E-state index contributed by atoms with van der Waals surface area (Å²) in [5, 5.41) is 20.1. The molecule has 2 N–H and O–H groups in total. The van der Waals surface area contributed by atoms with E-state index in [-0.39, 0.29) is 12.1 Å². The molecular formula is C22H20N6O5S. The van der Waals surface area contributed by atoms with Crippen molar-refractivity contribution in [3.63, 3.8) is 0 Å². The van der Waals surface area contributed by atoms with Crippen LogP contribution in [0.2, 0.25) is 0 Å². The fraction of sp³-hybridized carbons (Fsp3) is 0.182. The van der Waals surface area contributed by atoms with E-state index in [1.165, 1.54) is 30.0 Å². The second kappa shape index (κ2) is 10.2. The van der Waals surface area contributed by atoms with E-state index >= 15 is 0 Å². The third kappa shape index (κ3) is 5.41. The predicted octanol–water partition coefficient (Wildman–Crippen LogP) is 2.83. The van der Waals surface area contributed by atoms with Crippen molar-refractivity contribution < 1.29 is 9.66 Å². The fourth-order valence-electron chi connectivity index (χ4n) is 3.27. The van der Waals surface area contributed by atoms with Crippen LogP contribution in [0.25, 0.3) is 5.69 Å². The van der Waals surface area contributed by atoms with Gasteiger partial charge in [-0.15, -0.1) is 10.2 Å². The summed E-state index contributed by atoms with van der Waals surface area (Å²) in [6.07, 6.45) is 0.178. The van der Waals surface area contributed by atoms with E-state index in [1.807, 2.05) is 35.8 Å². The van der Waals surface area contributed by atoms with Crippen LogP contribution in [0.1, 0.15) is 24.0 Å². The highest BCUT2D eigenvalue weighted by Gasteiger charge is 2.16. The Morgan fingerprint density at radius 3 is 2.44 bits per heavy atom. The Morgan fingerprint density at radius 1 is 1.06 bits per heavy atom. The molecule has 0 spiro atoms. The minimum atomic E-state index is -0.595. The molecule has 2 aromatic carbocycles. The van der Waals surface area contributed by atoms with Crippen molar-refractivity contribution >= 4 is 17.4 Å². The van der Waals surface area contributed by atoms with Crippen molar-refractivity contribution in [1.29, 1.82) is 0 Å². The summed E-state index contributed by atoms with van der Waals surface area (Å²) in [4.78, 5) is 38.6. The summed E-state index contributed by atoms with van der Waals surface area (Å²) in [6, 6.07) is 15.0. The van der Waals surface area contributed by atoms with Crippen molar-refractivity contribution in [2.45, 2.75) is 24.3 Å². The lowest BCUT2D eigenvalue weighted by Gasteiger charge is -2.11. The molecule has 0 unspecified atom stereocenters. The third-order valence-corrected chi connectivity index (χ3v) is 5.79. The molecule has 0 aliphatic carbocycles. The largest absolute Gasteiger partial charge is 0.494 e. The molecule has 34 heavy (non-hydrogen) atoms. The van der Waals surface area contributed by atoms with E-state index in [0.29, 0.717) is 29.0 Å². The molecule has 0 amide bonds. The average molecular weight is 481 g/mol. The molecule has 4 rings (SSSR count). The van der Waals surface area contributed by atoms with Gasteiger partial charge in [-0.25, -0.2) is 4.79 Å². The van der Waals surface area contributed by atoms with Crippen LogP contribution in [-0.2, 0) is 12.2 Å². The molecule has 4 aromatic rings. The number of aromatic nitrogens is 5. The minimum Gasteiger partial charge on any atom is -0.494 e. The van der Waals surface area contributed by atoms with Crippen molar-refractivity contribution in [2.75, 3.05) is 6.61 Å². The smallest absolute Gasteiger partial charge is 0.325 e. The van der Waals surface area contributed by atoms with Gasteiger partial charge in [-0.3, -0.25) is 24.5 Å². The molecule has 0 radical (unpaired) electrons. The van der Waals surface area contributed by atoms with E-state index in [0.717, 1.165) is 17.0 Å². The predicted molar refractivity (Wildman–Crippen MR) is 126 cm³/mol. The number of rotatable bonds is 9. The number of benzene rings is 2. The quantitative estimate of drug-likeness (QED) is 0.211. The van der Waals surface area contributed by atoms with Crippen molar-refractivity contribution in [3.8, 4) is 11.4 Å². The van der Waals surface area contributed by atoms with Crippen LogP contribution < -0.4 is 16.0 Å². The molecule has 0 fully saturated rings. The van der Waals surface area contributed by atoms with E-state index < -0.39 is 16.2 Å². The molecule has 174 valence electrons. The Morgan fingerprint density at radius 2 is 1.79 bits per heavy atom. The number of nitrogens with one attached hydrogen (secondary N) is 2. The summed E-state index contributed by atoms with van der Waals surface area (Å²) in [7, 11) is 0. The Bertz CT molecular complexity index is 1380. The monoisotopic (exact) mass is 480 g/mol. The standard InChI is InChI=1S/C22H20N6O5S/c1-2-33-18-9-7-16(8-10-18)27-19(11-15-12-20(29)24-21(30)23-15)25-26-22(27)34-13-14-3-5-17(6-4-14)28(31)32/h3-10,12H,2,11,13H2,1H3,(H2,23,24,29,30). The molecule has 0 saturated heterocycles. The van der Waals surface area contributed by atoms with Crippen LogP contribution in [0.3, 0.4) is 0 Å². The lowest BCUT2D eigenvalue weighted by Crippen LogP contribution is -2.23. The first-order valence-electron chi connectivity index (χ1n) is 10.3. The average Bonchev–Trinajstić information content (AvgIpc) is 3.20. The number of non-ortho nitro benzene ring substituents is 1. The number of H-pyrrole nitrogens is 2. The number of ether oxygens (including phenoxy) is 1. The Labute approximate surface area is 197 Å². The van der Waals surface area contributed by atoms with Gasteiger partial charge in [0.25, 0.3) is 11.2 Å². The van der Waals surface area contributed by atoms with Crippen LogP contribution in [0.15, 0.2) is 69.3 Å². The van der Waals surface area contributed by atoms with Gasteiger partial charge in [-0.2, -0.15) is 0 Å². The Hall–Kier alpha value is -4.19. The molecular weight excluding hydrogens is 460 g/mol. The Balaban J connectivity index is 1.65. The molecule has 2 aromatic heterocycles. The number of aromatic amines is 2. The minimum absolute atomic E-state index is 0.0282. The van der Waals surface area contributed by atoms with Gasteiger partial charge in [0.05, 0.1) is 11.5 Å². The van der Waals surface area contributed by atoms with Gasteiger partial charge in [0.2, 0.25) is 0 Å². The zero-order valence-electron chi connectivity index (χ0n) is 18.1. The van der Waals surface area contributed by atoms with Gasteiger partial charge in [-0.1, -0.05) is 23.9 Å². The molecule has 2 heterocycles. The van der Waals surface area contributed by atoms with Crippen LogP contribution in [0.4, 0.5) is 5.69 Å². The van der Waals surface area contributed by atoms with Gasteiger partial charge >= 0.3 is 5.69 Å². The summed E-state index contributed by atoms with van der Waals surface area (Å²) in [5.74, 6) is 1.76. The zero-order chi connectivity index (χ0) is 24.1. The second-order valence-electron chi connectivity index (χ2n) is 7.16. The maximum Gasteiger partial charge on any atom is 0.325 e. The maximum absolute atomic E-state index is 11.7. The van der Waals surface area contributed by atoms with Gasteiger partial charge in [0, 0.05) is 41.8 Å². The molecule has 0 atom stereocenters. The zero-order valence-corrected chi connectivity index (χ0v) is 18.9. The molecule has 0 aliphatic heterocycles. The topological polar surface area (TPSA) is 149 Å². The summed E-state index contributed by atoms with van der Waals surface area (Å²) in [5.41, 5.74) is 1.00. The van der Waals surface area contributed by atoms with Gasteiger partial charge in [-0.05, 0) is 36.8 Å². The number of hydrogen-bond acceptors (Lipinski definition) is 8. The van der Waals surface area contributed by atoms with E-state index in [9.17, 15) is 19.7 Å². The van der Waals surface area contributed by atoms with Crippen molar-refractivity contribution in [1.82, 2.24) is 24.7 Å². The number of thioether (sulfide) groups is 1. The van der Waals surface area contributed by atoms with Crippen LogP contribution in [0, 0.1) is 10.1 Å². The first-order valence-corrected chi connectivity index (χ1v) is 11.3. The Kier molecular flexibility index (Phi) is 6.87. The SMILES string of the molecule is CCOc1ccc(-n2c(Cc3cc(=O)[nH]c(=O)[nH]3)nnc2SCc2ccc([N+](=O)[O-])cc2)cc1. The van der Waals surface area contributed by atoms with E-state index in [4.69, 9.17) is 4.74 Å². The number of nitrogens with zero attached hydrogens (tertiary/aromatic N) is 4. The summed E-state index contributed by atoms with van der Waals surface area (Å²) < 4.78 is 7.36. The molecule has 0 aliphatic rings. The first kappa shape index (κ1) is 23.0. The molecule has 0 bridgehead atoms. The number of hydrogen-bond donors (Lipinski definition) is 2.